The minimum Gasteiger partial charge on any atom is -0.381 e. The van der Waals surface area contributed by atoms with Crippen molar-refractivity contribution in [1.82, 2.24) is 5.32 Å². The Morgan fingerprint density at radius 1 is 1.40 bits per heavy atom. The summed E-state index contributed by atoms with van der Waals surface area (Å²) < 4.78 is 5.56. The van der Waals surface area contributed by atoms with Crippen molar-refractivity contribution in [3.8, 4) is 0 Å². The Morgan fingerprint density at radius 3 is 2.90 bits per heavy atom. The van der Waals surface area contributed by atoms with Crippen LogP contribution in [0.15, 0.2) is 23.1 Å². The van der Waals surface area contributed by atoms with Gasteiger partial charge in [0, 0.05) is 29.2 Å². The lowest BCUT2D eigenvalue weighted by Gasteiger charge is -2.23. The normalized spacial score (nSPS) is 20.2. The van der Waals surface area contributed by atoms with E-state index in [1.165, 1.54) is 28.9 Å². The zero-order valence-corrected chi connectivity index (χ0v) is 13.8. The zero-order valence-electron chi connectivity index (χ0n) is 12.9. The Hall–Kier alpha value is -0.510. The highest BCUT2D eigenvalue weighted by molar-refractivity contribution is 7.99. The van der Waals surface area contributed by atoms with Gasteiger partial charge in [0.2, 0.25) is 0 Å². The third kappa shape index (κ3) is 4.51. The Kier molecular flexibility index (Phi) is 6.40. The first-order valence-corrected chi connectivity index (χ1v) is 8.70. The number of aryl methyl sites for hydroxylation is 2. The van der Waals surface area contributed by atoms with Gasteiger partial charge in [0.1, 0.15) is 0 Å². The molecule has 1 aromatic rings. The van der Waals surface area contributed by atoms with Gasteiger partial charge in [-0.15, -0.1) is 11.8 Å². The summed E-state index contributed by atoms with van der Waals surface area (Å²) in [5.41, 5.74) is 2.74. The first-order chi connectivity index (χ1) is 9.70. The van der Waals surface area contributed by atoms with Crippen LogP contribution in [0.2, 0.25) is 0 Å². The summed E-state index contributed by atoms with van der Waals surface area (Å²) in [7, 11) is 0. The van der Waals surface area contributed by atoms with Crippen molar-refractivity contribution >= 4 is 11.8 Å². The van der Waals surface area contributed by atoms with E-state index in [0.29, 0.717) is 12.0 Å². The molecule has 20 heavy (non-hydrogen) atoms. The predicted molar refractivity (Wildman–Crippen MR) is 87.6 cm³/mol. The summed E-state index contributed by atoms with van der Waals surface area (Å²) in [4.78, 5) is 1.41. The molecule has 0 saturated carbocycles. The molecule has 0 radical (unpaired) electrons. The van der Waals surface area contributed by atoms with E-state index in [1.54, 1.807) is 0 Å². The monoisotopic (exact) mass is 293 g/mol. The van der Waals surface area contributed by atoms with Crippen molar-refractivity contribution in [3.05, 3.63) is 29.3 Å². The fraction of sp³-hybridized carbons (Fsp3) is 0.647. The maximum atomic E-state index is 5.56. The van der Waals surface area contributed by atoms with Crippen molar-refractivity contribution in [1.29, 1.82) is 0 Å². The van der Waals surface area contributed by atoms with Crippen molar-refractivity contribution in [2.24, 2.45) is 5.92 Å². The number of nitrogens with one attached hydrogen (secondary N) is 1. The molecule has 1 aliphatic rings. The number of hydrogen-bond donors (Lipinski definition) is 1. The van der Waals surface area contributed by atoms with E-state index in [-0.39, 0.29) is 0 Å². The highest BCUT2D eigenvalue weighted by Crippen LogP contribution is 2.27. The average Bonchev–Trinajstić information content (AvgIpc) is 2.95. The van der Waals surface area contributed by atoms with Crippen molar-refractivity contribution in [2.75, 3.05) is 25.5 Å². The van der Waals surface area contributed by atoms with Crippen molar-refractivity contribution < 1.29 is 4.74 Å². The van der Waals surface area contributed by atoms with E-state index < -0.39 is 0 Å². The molecule has 1 aromatic carbocycles. The summed E-state index contributed by atoms with van der Waals surface area (Å²) in [5.74, 6) is 1.82. The number of ether oxygens (including phenoxy) is 1. The number of benzene rings is 1. The standard InChI is InChI=1S/C17H27NOS/c1-4-8-18-16(15-7-9-19-11-15)12-20-17-6-5-13(2)10-14(17)3/h5-6,10,15-16,18H,4,7-9,11-12H2,1-3H3. The van der Waals surface area contributed by atoms with Crippen LogP contribution in [0.3, 0.4) is 0 Å². The average molecular weight is 293 g/mol. The molecule has 1 saturated heterocycles. The molecule has 3 heteroatoms. The molecule has 0 aliphatic carbocycles. The smallest absolute Gasteiger partial charge is 0.0510 e. The van der Waals surface area contributed by atoms with Gasteiger partial charge in [-0.1, -0.05) is 24.6 Å². The highest BCUT2D eigenvalue weighted by Gasteiger charge is 2.25. The van der Waals surface area contributed by atoms with Gasteiger partial charge in [-0.3, -0.25) is 0 Å². The highest BCUT2D eigenvalue weighted by atomic mass is 32.2. The largest absolute Gasteiger partial charge is 0.381 e. The lowest BCUT2D eigenvalue weighted by Crippen LogP contribution is -2.39. The topological polar surface area (TPSA) is 21.3 Å². The van der Waals surface area contributed by atoms with Gasteiger partial charge in [-0.05, 0) is 44.9 Å². The second kappa shape index (κ2) is 8.06. The second-order valence-electron chi connectivity index (χ2n) is 5.76. The van der Waals surface area contributed by atoms with Gasteiger partial charge in [-0.2, -0.15) is 0 Å². The molecule has 0 amide bonds. The lowest BCUT2D eigenvalue weighted by atomic mass is 10.0. The van der Waals surface area contributed by atoms with Crippen LogP contribution in [0.4, 0.5) is 0 Å². The number of rotatable bonds is 7. The van der Waals surface area contributed by atoms with Gasteiger partial charge < -0.3 is 10.1 Å². The summed E-state index contributed by atoms with van der Waals surface area (Å²) in [5, 5.41) is 3.71. The van der Waals surface area contributed by atoms with Gasteiger partial charge in [0.15, 0.2) is 0 Å². The maximum Gasteiger partial charge on any atom is 0.0510 e. The van der Waals surface area contributed by atoms with Crippen LogP contribution in [-0.2, 0) is 4.74 Å². The quantitative estimate of drug-likeness (QED) is 0.773. The van der Waals surface area contributed by atoms with Gasteiger partial charge in [0.05, 0.1) is 6.61 Å². The van der Waals surface area contributed by atoms with Crippen LogP contribution in [0.1, 0.15) is 30.9 Å². The molecule has 1 aliphatic heterocycles. The molecule has 2 atom stereocenters. The molecule has 1 N–H and O–H groups in total. The zero-order chi connectivity index (χ0) is 14.4. The molecule has 0 spiro atoms. The van der Waals surface area contributed by atoms with Crippen LogP contribution >= 0.6 is 11.8 Å². The van der Waals surface area contributed by atoms with E-state index in [1.807, 2.05) is 11.8 Å². The van der Waals surface area contributed by atoms with Crippen LogP contribution in [0.5, 0.6) is 0 Å². The molecular weight excluding hydrogens is 266 g/mol. The molecule has 2 rings (SSSR count). The Balaban J connectivity index is 1.93. The van der Waals surface area contributed by atoms with E-state index in [4.69, 9.17) is 4.74 Å². The van der Waals surface area contributed by atoms with E-state index in [9.17, 15) is 0 Å². The summed E-state index contributed by atoms with van der Waals surface area (Å²) in [6.45, 7) is 9.56. The molecule has 2 nitrogen and oxygen atoms in total. The molecule has 0 bridgehead atoms. The summed E-state index contributed by atoms with van der Waals surface area (Å²) >= 11 is 1.98. The van der Waals surface area contributed by atoms with Crippen LogP contribution in [0.25, 0.3) is 0 Å². The molecule has 112 valence electrons. The molecule has 1 heterocycles. The minimum atomic E-state index is 0.572. The Morgan fingerprint density at radius 2 is 2.25 bits per heavy atom. The van der Waals surface area contributed by atoms with Gasteiger partial charge in [0.25, 0.3) is 0 Å². The summed E-state index contributed by atoms with van der Waals surface area (Å²) in [6, 6.07) is 7.32. The van der Waals surface area contributed by atoms with E-state index >= 15 is 0 Å². The fourth-order valence-electron chi connectivity index (χ4n) is 2.70. The SMILES string of the molecule is CCCNC(CSc1ccc(C)cc1C)C1CCOC1. The van der Waals surface area contributed by atoms with E-state index in [0.717, 1.165) is 25.5 Å². The summed E-state index contributed by atoms with van der Waals surface area (Å²) in [6.07, 6.45) is 2.40. The molecule has 0 aromatic heterocycles. The predicted octanol–water partition coefficient (Wildman–Crippen LogP) is 3.80. The van der Waals surface area contributed by atoms with Crippen LogP contribution in [-0.4, -0.2) is 31.6 Å². The molecular formula is C17H27NOS. The molecule has 1 fully saturated rings. The molecule has 2 unspecified atom stereocenters. The third-order valence-corrected chi connectivity index (χ3v) is 5.23. The first kappa shape index (κ1) is 15.9. The van der Waals surface area contributed by atoms with Crippen LogP contribution in [0, 0.1) is 19.8 Å². The number of hydrogen-bond acceptors (Lipinski definition) is 3. The lowest BCUT2D eigenvalue weighted by molar-refractivity contribution is 0.179. The van der Waals surface area contributed by atoms with Gasteiger partial charge in [-0.25, -0.2) is 0 Å². The van der Waals surface area contributed by atoms with Crippen LogP contribution < -0.4 is 5.32 Å². The fourth-order valence-corrected chi connectivity index (χ4v) is 3.90. The van der Waals surface area contributed by atoms with E-state index in [2.05, 4.69) is 44.3 Å². The van der Waals surface area contributed by atoms with Crippen molar-refractivity contribution in [3.63, 3.8) is 0 Å². The third-order valence-electron chi connectivity index (χ3n) is 3.94. The van der Waals surface area contributed by atoms with Gasteiger partial charge >= 0.3 is 0 Å². The second-order valence-corrected chi connectivity index (χ2v) is 6.83. The Labute approximate surface area is 127 Å². The maximum absolute atomic E-state index is 5.56. The van der Waals surface area contributed by atoms with Crippen molar-refractivity contribution in [2.45, 2.75) is 44.6 Å². The number of thioether (sulfide) groups is 1. The Bertz CT molecular complexity index is 415. The first-order valence-electron chi connectivity index (χ1n) is 7.72. The minimum absolute atomic E-state index is 0.572.